The first kappa shape index (κ1) is 13.4. The number of phenolic OH excluding ortho intramolecular Hbond substituents is 1. The molecule has 1 aromatic rings. The van der Waals surface area contributed by atoms with Crippen LogP contribution < -0.4 is 4.74 Å². The van der Waals surface area contributed by atoms with Gasteiger partial charge in [0.15, 0.2) is 0 Å². The van der Waals surface area contributed by atoms with Crippen molar-refractivity contribution in [1.29, 1.82) is 0 Å². The van der Waals surface area contributed by atoms with Crippen molar-refractivity contribution in [3.05, 3.63) is 29.8 Å². The summed E-state index contributed by atoms with van der Waals surface area (Å²) in [5, 5.41) is 18.0. The van der Waals surface area contributed by atoms with Gasteiger partial charge < -0.3 is 14.9 Å². The molecule has 0 fully saturated rings. The highest BCUT2D eigenvalue weighted by molar-refractivity contribution is 5.58. The van der Waals surface area contributed by atoms with E-state index in [-0.39, 0.29) is 12.4 Å². The molecule has 0 aliphatic heterocycles. The Morgan fingerprint density at radius 2 is 2.00 bits per heavy atom. The van der Waals surface area contributed by atoms with E-state index in [4.69, 9.17) is 5.11 Å². The van der Waals surface area contributed by atoms with Gasteiger partial charge in [0.25, 0.3) is 0 Å². The average molecular weight is 248 g/mol. The predicted molar refractivity (Wildman–Crippen MR) is 55.5 cm³/mol. The van der Waals surface area contributed by atoms with E-state index in [0.29, 0.717) is 12.0 Å². The number of hydrogen-bond acceptors (Lipinski definition) is 3. The zero-order valence-corrected chi connectivity index (χ0v) is 8.74. The minimum absolute atomic E-state index is 0.0352. The lowest BCUT2D eigenvalue weighted by atomic mass is 10.1. The van der Waals surface area contributed by atoms with Crippen LogP contribution in [0.15, 0.2) is 24.3 Å². The van der Waals surface area contributed by atoms with Crippen molar-refractivity contribution in [2.45, 2.75) is 12.8 Å². The minimum Gasteiger partial charge on any atom is -0.507 e. The third-order valence-corrected chi connectivity index (χ3v) is 1.83. The van der Waals surface area contributed by atoms with Crippen molar-refractivity contribution < 1.29 is 28.1 Å². The highest BCUT2D eigenvalue weighted by Crippen LogP contribution is 2.28. The quantitative estimate of drug-likeness (QED) is 0.861. The third kappa shape index (κ3) is 4.78. The van der Waals surface area contributed by atoms with Gasteiger partial charge >= 0.3 is 6.36 Å². The lowest BCUT2D eigenvalue weighted by molar-refractivity contribution is -0.274. The Kier molecular flexibility index (Phi) is 4.39. The lowest BCUT2D eigenvalue weighted by Gasteiger charge is -2.09. The first-order valence-corrected chi connectivity index (χ1v) is 4.78. The number of phenols is 1. The van der Waals surface area contributed by atoms with E-state index in [2.05, 4.69) is 4.74 Å². The van der Waals surface area contributed by atoms with Gasteiger partial charge in [0.2, 0.25) is 0 Å². The van der Waals surface area contributed by atoms with Crippen LogP contribution in [0.4, 0.5) is 13.2 Å². The summed E-state index contributed by atoms with van der Waals surface area (Å²) < 4.78 is 39.3. The Labute approximate surface area is 95.8 Å². The molecule has 0 atom stereocenters. The molecule has 0 amide bonds. The summed E-state index contributed by atoms with van der Waals surface area (Å²) in [6.07, 6.45) is -1.27. The molecule has 0 aromatic heterocycles. The van der Waals surface area contributed by atoms with E-state index in [1.54, 1.807) is 6.08 Å². The molecule has 0 bridgehead atoms. The number of halogens is 3. The normalized spacial score (nSPS) is 12.0. The van der Waals surface area contributed by atoms with Gasteiger partial charge in [-0.2, -0.15) is 0 Å². The van der Waals surface area contributed by atoms with Crippen LogP contribution in [0.5, 0.6) is 11.5 Å². The van der Waals surface area contributed by atoms with Crippen molar-refractivity contribution >= 4 is 6.08 Å². The summed E-state index contributed by atoms with van der Waals surface area (Å²) in [7, 11) is 0. The molecule has 1 aromatic carbocycles. The molecule has 0 heterocycles. The number of ether oxygens (including phenoxy) is 1. The molecule has 94 valence electrons. The Morgan fingerprint density at radius 3 is 2.53 bits per heavy atom. The van der Waals surface area contributed by atoms with E-state index in [1.165, 1.54) is 12.1 Å². The van der Waals surface area contributed by atoms with Crippen molar-refractivity contribution in [3.63, 3.8) is 0 Å². The van der Waals surface area contributed by atoms with E-state index in [0.717, 1.165) is 12.1 Å². The standard InChI is InChI=1S/C11H11F3O3/c12-11(13,14)17-9-5-4-8(10(16)7-9)3-1-2-6-15/h1,3-5,7,15-16H,2,6H2. The zero-order chi connectivity index (χ0) is 12.9. The van der Waals surface area contributed by atoms with Crippen molar-refractivity contribution in [2.75, 3.05) is 6.61 Å². The van der Waals surface area contributed by atoms with Gasteiger partial charge in [0, 0.05) is 18.2 Å². The topological polar surface area (TPSA) is 49.7 Å². The fourth-order valence-electron chi connectivity index (χ4n) is 1.15. The molecular formula is C11H11F3O3. The number of aliphatic hydroxyl groups excluding tert-OH is 1. The maximum atomic E-state index is 11.9. The van der Waals surface area contributed by atoms with E-state index in [9.17, 15) is 18.3 Å². The van der Waals surface area contributed by atoms with Crippen LogP contribution in [-0.4, -0.2) is 23.2 Å². The summed E-state index contributed by atoms with van der Waals surface area (Å²) in [6.45, 7) is -0.0352. The summed E-state index contributed by atoms with van der Waals surface area (Å²) in [5.41, 5.74) is 0.355. The second kappa shape index (κ2) is 5.58. The monoisotopic (exact) mass is 248 g/mol. The Bertz CT molecular complexity index is 399. The van der Waals surface area contributed by atoms with Gasteiger partial charge in [0.05, 0.1) is 0 Å². The molecule has 0 spiro atoms. The van der Waals surface area contributed by atoms with Crippen LogP contribution in [0.1, 0.15) is 12.0 Å². The Morgan fingerprint density at radius 1 is 1.29 bits per heavy atom. The van der Waals surface area contributed by atoms with Crippen LogP contribution in [0.3, 0.4) is 0 Å². The molecule has 0 unspecified atom stereocenters. The van der Waals surface area contributed by atoms with E-state index >= 15 is 0 Å². The van der Waals surface area contributed by atoms with Gasteiger partial charge in [-0.25, -0.2) is 0 Å². The van der Waals surface area contributed by atoms with E-state index < -0.39 is 12.1 Å². The van der Waals surface area contributed by atoms with Gasteiger partial charge in [-0.3, -0.25) is 0 Å². The number of aliphatic hydroxyl groups is 1. The fraction of sp³-hybridized carbons (Fsp3) is 0.273. The maximum Gasteiger partial charge on any atom is 0.573 e. The molecule has 2 N–H and O–H groups in total. The molecule has 0 aliphatic carbocycles. The van der Waals surface area contributed by atoms with Crippen LogP contribution in [0, 0.1) is 0 Å². The van der Waals surface area contributed by atoms with Crippen LogP contribution in [-0.2, 0) is 0 Å². The van der Waals surface area contributed by atoms with Crippen LogP contribution in [0.2, 0.25) is 0 Å². The first-order valence-electron chi connectivity index (χ1n) is 4.78. The van der Waals surface area contributed by atoms with Crippen molar-refractivity contribution in [3.8, 4) is 11.5 Å². The molecule has 0 saturated heterocycles. The molecule has 1 rings (SSSR count). The third-order valence-electron chi connectivity index (χ3n) is 1.83. The SMILES string of the molecule is OCCC=Cc1ccc(OC(F)(F)F)cc1O. The molecule has 17 heavy (non-hydrogen) atoms. The summed E-state index contributed by atoms with van der Waals surface area (Å²) in [4.78, 5) is 0. The van der Waals surface area contributed by atoms with Gasteiger partial charge in [-0.15, -0.1) is 13.2 Å². The van der Waals surface area contributed by atoms with Crippen molar-refractivity contribution in [1.82, 2.24) is 0 Å². The Hall–Kier alpha value is -1.69. The summed E-state index contributed by atoms with van der Waals surface area (Å²) >= 11 is 0. The first-order chi connectivity index (χ1) is 7.92. The molecule has 3 nitrogen and oxygen atoms in total. The second-order valence-electron chi connectivity index (χ2n) is 3.18. The largest absolute Gasteiger partial charge is 0.573 e. The number of rotatable bonds is 4. The smallest absolute Gasteiger partial charge is 0.507 e. The zero-order valence-electron chi connectivity index (χ0n) is 8.74. The highest BCUT2D eigenvalue weighted by Gasteiger charge is 2.31. The van der Waals surface area contributed by atoms with Gasteiger partial charge in [-0.05, 0) is 18.6 Å². The second-order valence-corrected chi connectivity index (χ2v) is 3.18. The lowest BCUT2D eigenvalue weighted by Crippen LogP contribution is -2.16. The summed E-state index contributed by atoms with van der Waals surface area (Å²) in [5.74, 6) is -0.796. The number of alkyl halides is 3. The number of benzene rings is 1. The maximum absolute atomic E-state index is 11.9. The Balaban J connectivity index is 2.79. The van der Waals surface area contributed by atoms with Crippen LogP contribution in [0.25, 0.3) is 6.08 Å². The molecule has 6 heteroatoms. The number of hydrogen-bond donors (Lipinski definition) is 2. The van der Waals surface area contributed by atoms with E-state index in [1.807, 2.05) is 0 Å². The molecule has 0 aliphatic rings. The van der Waals surface area contributed by atoms with Gasteiger partial charge in [-0.1, -0.05) is 12.2 Å². The molecule has 0 radical (unpaired) electrons. The van der Waals surface area contributed by atoms with Crippen LogP contribution >= 0.6 is 0 Å². The molecule has 0 saturated carbocycles. The highest BCUT2D eigenvalue weighted by atomic mass is 19.4. The van der Waals surface area contributed by atoms with Gasteiger partial charge in [0.1, 0.15) is 11.5 Å². The molecular weight excluding hydrogens is 237 g/mol. The summed E-state index contributed by atoms with van der Waals surface area (Å²) in [6, 6.07) is 3.28. The minimum atomic E-state index is -4.78. The predicted octanol–water partition coefficient (Wildman–Crippen LogP) is 2.69. The fourth-order valence-corrected chi connectivity index (χ4v) is 1.15. The van der Waals surface area contributed by atoms with Crippen molar-refractivity contribution in [2.24, 2.45) is 0 Å². The number of aromatic hydroxyl groups is 1. The average Bonchev–Trinajstić information content (AvgIpc) is 2.19.